The summed E-state index contributed by atoms with van der Waals surface area (Å²) in [4.78, 5) is 20.4. The van der Waals surface area contributed by atoms with Gasteiger partial charge in [0.15, 0.2) is 0 Å². The van der Waals surface area contributed by atoms with Crippen molar-refractivity contribution in [3.8, 4) is 0 Å². The lowest BCUT2D eigenvalue weighted by molar-refractivity contribution is -0.134. The van der Waals surface area contributed by atoms with Crippen LogP contribution in [0.2, 0.25) is 5.02 Å². The first-order valence-corrected chi connectivity index (χ1v) is 7.41. The van der Waals surface area contributed by atoms with Gasteiger partial charge in [-0.2, -0.15) is 0 Å². The van der Waals surface area contributed by atoms with E-state index in [-0.39, 0.29) is 0 Å². The lowest BCUT2D eigenvalue weighted by Crippen LogP contribution is -2.23. The van der Waals surface area contributed by atoms with Gasteiger partial charge in [-0.05, 0) is 38.2 Å². The normalized spacial score (nSPS) is 11.6. The number of hydrogen-bond acceptors (Lipinski definition) is 4. The third-order valence-corrected chi connectivity index (χ3v) is 3.70. The molecule has 0 aliphatic rings. The van der Waals surface area contributed by atoms with Crippen molar-refractivity contribution in [2.24, 2.45) is 0 Å². The molecule has 0 spiro atoms. The summed E-state index contributed by atoms with van der Waals surface area (Å²) in [6.07, 6.45) is 1.12. The molecule has 0 heterocycles. The van der Waals surface area contributed by atoms with Crippen LogP contribution >= 0.6 is 23.4 Å². The molecule has 0 aromatic heterocycles. The minimum absolute atomic E-state index is 0.542. The molecular weight excluding hydrogens is 314 g/mol. The second-order valence-electron chi connectivity index (χ2n) is 3.96. The zero-order chi connectivity index (χ0) is 16.3. The van der Waals surface area contributed by atoms with Gasteiger partial charge in [0.05, 0.1) is 0 Å². The number of thioether (sulfide) groups is 1. The molecule has 116 valence electrons. The predicted molar refractivity (Wildman–Crippen MR) is 85.1 cm³/mol. The largest absolute Gasteiger partial charge is 0.478 e. The molecule has 0 radical (unpaired) electrons. The van der Waals surface area contributed by atoms with E-state index in [0.717, 1.165) is 10.8 Å². The zero-order valence-electron chi connectivity index (χ0n) is 11.7. The van der Waals surface area contributed by atoms with Gasteiger partial charge < -0.3 is 15.5 Å². The van der Waals surface area contributed by atoms with Crippen molar-refractivity contribution >= 4 is 35.3 Å². The molecule has 0 amide bonds. The average Bonchev–Trinajstić information content (AvgIpc) is 2.45. The van der Waals surface area contributed by atoms with Gasteiger partial charge in [-0.3, -0.25) is 0 Å². The Bertz CT molecular complexity index is 460. The van der Waals surface area contributed by atoms with Crippen molar-refractivity contribution in [2.75, 3.05) is 12.8 Å². The third-order valence-electron chi connectivity index (χ3n) is 2.17. The van der Waals surface area contributed by atoms with Crippen molar-refractivity contribution in [3.05, 3.63) is 41.4 Å². The van der Waals surface area contributed by atoms with E-state index < -0.39 is 11.9 Å². The molecule has 0 fully saturated rings. The second kappa shape index (κ2) is 11.2. The maximum absolute atomic E-state index is 9.55. The van der Waals surface area contributed by atoms with E-state index in [0.29, 0.717) is 18.2 Å². The molecule has 3 N–H and O–H groups in total. The van der Waals surface area contributed by atoms with Gasteiger partial charge in [0.25, 0.3) is 0 Å². The Kier molecular flexibility index (Phi) is 10.4. The second-order valence-corrected chi connectivity index (χ2v) is 5.49. The van der Waals surface area contributed by atoms with Crippen LogP contribution in [0.4, 0.5) is 0 Å². The summed E-state index contributed by atoms with van der Waals surface area (Å²) < 4.78 is 0. The van der Waals surface area contributed by atoms with Crippen LogP contribution in [0.1, 0.15) is 6.92 Å². The maximum Gasteiger partial charge on any atom is 0.328 e. The van der Waals surface area contributed by atoms with Crippen LogP contribution in [-0.4, -0.2) is 41.0 Å². The summed E-state index contributed by atoms with van der Waals surface area (Å²) in [7, 11) is 1.98. The molecule has 7 heteroatoms. The highest BCUT2D eigenvalue weighted by molar-refractivity contribution is 7.99. The Hall–Kier alpha value is -1.50. The molecule has 1 atom stereocenters. The number of hydrogen-bond donors (Lipinski definition) is 3. The Morgan fingerprint density at radius 2 is 1.71 bits per heavy atom. The fourth-order valence-electron chi connectivity index (χ4n) is 0.978. The summed E-state index contributed by atoms with van der Waals surface area (Å²) in [6, 6.07) is 8.49. The monoisotopic (exact) mass is 331 g/mol. The summed E-state index contributed by atoms with van der Waals surface area (Å²) >= 11 is 7.62. The molecule has 0 saturated carbocycles. The number of carboxylic acids is 2. The van der Waals surface area contributed by atoms with Crippen LogP contribution in [0.3, 0.4) is 0 Å². The van der Waals surface area contributed by atoms with Crippen molar-refractivity contribution in [1.29, 1.82) is 0 Å². The van der Waals surface area contributed by atoms with Crippen LogP contribution in [-0.2, 0) is 9.59 Å². The molecule has 5 nitrogen and oxygen atoms in total. The van der Waals surface area contributed by atoms with Gasteiger partial charge in [-0.25, -0.2) is 9.59 Å². The van der Waals surface area contributed by atoms with Crippen molar-refractivity contribution < 1.29 is 19.8 Å². The number of nitrogens with one attached hydrogen (secondary N) is 1. The van der Waals surface area contributed by atoms with Crippen LogP contribution < -0.4 is 5.32 Å². The van der Waals surface area contributed by atoms with Crippen LogP contribution in [0, 0.1) is 0 Å². The number of aliphatic carboxylic acids is 2. The molecule has 1 aromatic carbocycles. The zero-order valence-corrected chi connectivity index (χ0v) is 13.3. The molecule has 21 heavy (non-hydrogen) atoms. The van der Waals surface area contributed by atoms with Crippen LogP contribution in [0.15, 0.2) is 41.3 Å². The van der Waals surface area contributed by atoms with Crippen molar-refractivity contribution in [2.45, 2.75) is 17.9 Å². The topological polar surface area (TPSA) is 86.6 Å². The first-order valence-electron chi connectivity index (χ1n) is 6.04. The van der Waals surface area contributed by atoms with Gasteiger partial charge in [0.2, 0.25) is 0 Å². The Morgan fingerprint density at radius 3 is 2.10 bits per heavy atom. The van der Waals surface area contributed by atoms with Crippen LogP contribution in [0.5, 0.6) is 0 Å². The molecule has 0 unspecified atom stereocenters. The van der Waals surface area contributed by atoms with E-state index in [9.17, 15) is 9.59 Å². The van der Waals surface area contributed by atoms with E-state index in [2.05, 4.69) is 24.4 Å². The van der Waals surface area contributed by atoms with Crippen LogP contribution in [0.25, 0.3) is 0 Å². The lowest BCUT2D eigenvalue weighted by Gasteiger charge is -2.08. The van der Waals surface area contributed by atoms with E-state index in [4.69, 9.17) is 21.8 Å². The Morgan fingerprint density at radius 1 is 1.24 bits per heavy atom. The molecule has 0 aliphatic carbocycles. The quantitative estimate of drug-likeness (QED) is 0.549. The van der Waals surface area contributed by atoms with Gasteiger partial charge in [-0.1, -0.05) is 11.6 Å². The maximum atomic E-state index is 9.55. The highest BCUT2D eigenvalue weighted by Gasteiger charge is 1.99. The Balaban J connectivity index is 0.000000433. The van der Waals surface area contributed by atoms with Crippen molar-refractivity contribution in [1.82, 2.24) is 5.32 Å². The molecule has 1 aromatic rings. The molecule has 1 rings (SSSR count). The molecular formula is C14H18ClNO4S. The number of benzene rings is 1. The summed E-state index contributed by atoms with van der Waals surface area (Å²) in [5, 5.41) is 19.6. The van der Waals surface area contributed by atoms with Gasteiger partial charge in [0, 0.05) is 33.9 Å². The number of halogens is 1. The minimum Gasteiger partial charge on any atom is -0.478 e. The third kappa shape index (κ3) is 12.0. The lowest BCUT2D eigenvalue weighted by atomic mass is 10.4. The number of carboxylic acid groups (broad SMARTS) is 2. The van der Waals surface area contributed by atoms with E-state index >= 15 is 0 Å². The first-order chi connectivity index (χ1) is 9.85. The predicted octanol–water partition coefficient (Wildman–Crippen LogP) is 2.75. The summed E-state index contributed by atoms with van der Waals surface area (Å²) in [6.45, 7) is 2.17. The molecule has 0 aliphatic heterocycles. The number of carbonyl (C=O) groups is 2. The SMILES string of the molecule is CN[C@H](C)CSc1ccc(Cl)cc1.O=C(O)/C=C/C(=O)O. The fourth-order valence-corrected chi connectivity index (χ4v) is 2.04. The smallest absolute Gasteiger partial charge is 0.328 e. The Labute approximate surface area is 133 Å². The number of rotatable bonds is 6. The minimum atomic E-state index is -1.26. The van der Waals surface area contributed by atoms with Gasteiger partial charge in [0.1, 0.15) is 0 Å². The first kappa shape index (κ1) is 19.5. The molecule has 0 bridgehead atoms. The fraction of sp³-hybridized carbons (Fsp3) is 0.286. The average molecular weight is 332 g/mol. The highest BCUT2D eigenvalue weighted by Crippen LogP contribution is 2.20. The van der Waals surface area contributed by atoms with E-state index in [1.54, 1.807) is 0 Å². The molecule has 0 saturated heterocycles. The summed E-state index contributed by atoms with van der Waals surface area (Å²) in [5.41, 5.74) is 0. The standard InChI is InChI=1S/C10H14ClNS.C4H4O4/c1-8(12-2)7-13-10-5-3-9(11)4-6-10;5-3(6)1-2-4(7)8/h3-6,8,12H,7H2,1-2H3;1-2H,(H,5,6)(H,7,8)/b;2-1+/t8-;/m1./s1. The summed E-state index contributed by atoms with van der Waals surface area (Å²) in [5.74, 6) is -1.43. The highest BCUT2D eigenvalue weighted by atomic mass is 35.5. The van der Waals surface area contributed by atoms with Crippen molar-refractivity contribution in [3.63, 3.8) is 0 Å². The van der Waals surface area contributed by atoms with Gasteiger partial charge >= 0.3 is 11.9 Å². The van der Waals surface area contributed by atoms with E-state index in [1.807, 2.05) is 30.9 Å². The van der Waals surface area contributed by atoms with E-state index in [1.165, 1.54) is 4.90 Å². The van der Waals surface area contributed by atoms with Gasteiger partial charge in [-0.15, -0.1) is 11.8 Å².